The Hall–Kier alpha value is -2.49. The van der Waals surface area contributed by atoms with Gasteiger partial charge in [-0.25, -0.2) is 4.79 Å². The number of ether oxygens (including phenoxy) is 2. The van der Waals surface area contributed by atoms with E-state index < -0.39 is 5.97 Å². The first-order chi connectivity index (χ1) is 9.63. The van der Waals surface area contributed by atoms with Crippen LogP contribution in [0.3, 0.4) is 0 Å². The standard InChI is InChI=1S/C16H17NO3/c1-11(12-7-4-3-5-8-12)20-16(18)13-9-6-10-14(19-2)15(13)17/h3-11H,17H2,1-2H3. The number of para-hydroxylation sites is 1. The predicted octanol–water partition coefficient (Wildman–Crippen LogP) is 3.20. The van der Waals surface area contributed by atoms with Crippen LogP contribution in [0, 0.1) is 0 Å². The van der Waals surface area contributed by atoms with Crippen molar-refractivity contribution < 1.29 is 14.3 Å². The predicted molar refractivity (Wildman–Crippen MR) is 77.7 cm³/mol. The number of anilines is 1. The maximum Gasteiger partial charge on any atom is 0.340 e. The second kappa shape index (κ2) is 6.10. The van der Waals surface area contributed by atoms with Gasteiger partial charge in [-0.05, 0) is 24.6 Å². The van der Waals surface area contributed by atoms with Gasteiger partial charge < -0.3 is 15.2 Å². The summed E-state index contributed by atoms with van der Waals surface area (Å²) in [4.78, 5) is 12.2. The van der Waals surface area contributed by atoms with Gasteiger partial charge in [0.15, 0.2) is 0 Å². The first kappa shape index (κ1) is 13.9. The van der Waals surface area contributed by atoms with Gasteiger partial charge in [-0.2, -0.15) is 0 Å². The van der Waals surface area contributed by atoms with E-state index in [1.807, 2.05) is 37.3 Å². The summed E-state index contributed by atoms with van der Waals surface area (Å²) in [7, 11) is 1.51. The van der Waals surface area contributed by atoms with Crippen molar-refractivity contribution >= 4 is 11.7 Å². The largest absolute Gasteiger partial charge is 0.495 e. The lowest BCUT2D eigenvalue weighted by Gasteiger charge is -2.15. The Morgan fingerprint density at radius 2 is 1.80 bits per heavy atom. The fraction of sp³-hybridized carbons (Fsp3) is 0.188. The van der Waals surface area contributed by atoms with Crippen molar-refractivity contribution in [3.8, 4) is 5.75 Å². The molecule has 1 atom stereocenters. The molecule has 0 aromatic heterocycles. The normalized spacial score (nSPS) is 11.7. The molecule has 2 aromatic rings. The number of methoxy groups -OCH3 is 1. The molecule has 2 N–H and O–H groups in total. The number of hydrogen-bond acceptors (Lipinski definition) is 4. The molecule has 0 aliphatic rings. The third-order valence-corrected chi connectivity index (χ3v) is 3.06. The summed E-state index contributed by atoms with van der Waals surface area (Å²) in [6, 6.07) is 14.6. The van der Waals surface area contributed by atoms with Crippen molar-refractivity contribution in [2.24, 2.45) is 0 Å². The maximum atomic E-state index is 12.2. The van der Waals surface area contributed by atoms with Crippen LogP contribution in [0.5, 0.6) is 5.75 Å². The van der Waals surface area contributed by atoms with Gasteiger partial charge in [0.05, 0.1) is 18.4 Å². The number of benzene rings is 2. The maximum absolute atomic E-state index is 12.2. The summed E-state index contributed by atoms with van der Waals surface area (Å²) in [6.07, 6.45) is -0.339. The zero-order valence-electron chi connectivity index (χ0n) is 11.5. The summed E-state index contributed by atoms with van der Waals surface area (Å²) in [5, 5.41) is 0. The lowest BCUT2D eigenvalue weighted by Crippen LogP contribution is -2.11. The highest BCUT2D eigenvalue weighted by molar-refractivity contribution is 5.96. The zero-order valence-corrected chi connectivity index (χ0v) is 11.5. The lowest BCUT2D eigenvalue weighted by atomic mass is 10.1. The highest BCUT2D eigenvalue weighted by Gasteiger charge is 2.17. The van der Waals surface area contributed by atoms with Gasteiger partial charge in [-0.1, -0.05) is 36.4 Å². The van der Waals surface area contributed by atoms with E-state index in [-0.39, 0.29) is 6.10 Å². The zero-order chi connectivity index (χ0) is 14.5. The third-order valence-electron chi connectivity index (χ3n) is 3.06. The number of nitrogens with two attached hydrogens (primary N) is 1. The number of esters is 1. The molecular weight excluding hydrogens is 254 g/mol. The van der Waals surface area contributed by atoms with Crippen LogP contribution in [0.2, 0.25) is 0 Å². The van der Waals surface area contributed by atoms with Crippen LogP contribution in [0.1, 0.15) is 28.9 Å². The molecule has 0 bridgehead atoms. The molecule has 1 unspecified atom stereocenters. The number of rotatable bonds is 4. The Morgan fingerprint density at radius 1 is 1.10 bits per heavy atom. The molecule has 0 spiro atoms. The van der Waals surface area contributed by atoms with Crippen molar-refractivity contribution in [2.75, 3.05) is 12.8 Å². The molecule has 0 radical (unpaired) electrons. The van der Waals surface area contributed by atoms with E-state index in [9.17, 15) is 4.79 Å². The number of nitrogen functional groups attached to an aromatic ring is 1. The van der Waals surface area contributed by atoms with Crippen molar-refractivity contribution in [1.29, 1.82) is 0 Å². The highest BCUT2D eigenvalue weighted by atomic mass is 16.5. The van der Waals surface area contributed by atoms with Gasteiger partial charge >= 0.3 is 5.97 Å². The minimum atomic E-state index is -0.460. The summed E-state index contributed by atoms with van der Waals surface area (Å²) in [6.45, 7) is 1.82. The van der Waals surface area contributed by atoms with Crippen LogP contribution in [0.25, 0.3) is 0 Å². The molecule has 4 heteroatoms. The van der Waals surface area contributed by atoms with Gasteiger partial charge in [0.2, 0.25) is 0 Å². The molecule has 0 aliphatic heterocycles. The fourth-order valence-corrected chi connectivity index (χ4v) is 1.92. The highest BCUT2D eigenvalue weighted by Crippen LogP contribution is 2.27. The Balaban J connectivity index is 2.17. The van der Waals surface area contributed by atoms with Gasteiger partial charge in [0, 0.05) is 0 Å². The van der Waals surface area contributed by atoms with Gasteiger partial charge in [0.1, 0.15) is 11.9 Å². The van der Waals surface area contributed by atoms with Crippen LogP contribution in [0.4, 0.5) is 5.69 Å². The molecule has 104 valence electrons. The molecule has 0 heterocycles. The van der Waals surface area contributed by atoms with E-state index in [1.54, 1.807) is 18.2 Å². The third kappa shape index (κ3) is 2.91. The topological polar surface area (TPSA) is 61.5 Å². The van der Waals surface area contributed by atoms with E-state index in [1.165, 1.54) is 7.11 Å². The minimum absolute atomic E-state index is 0.292. The molecule has 2 aromatic carbocycles. The van der Waals surface area contributed by atoms with E-state index >= 15 is 0 Å². The summed E-state index contributed by atoms with van der Waals surface area (Å²) >= 11 is 0. The van der Waals surface area contributed by atoms with Crippen LogP contribution in [-0.4, -0.2) is 13.1 Å². The number of carbonyl (C=O) groups is 1. The summed E-state index contributed by atoms with van der Waals surface area (Å²) in [5.74, 6) is 0.00423. The van der Waals surface area contributed by atoms with Gasteiger partial charge in [0.25, 0.3) is 0 Å². The molecule has 0 saturated heterocycles. The molecular formula is C16H17NO3. The average Bonchev–Trinajstić information content (AvgIpc) is 2.48. The molecule has 20 heavy (non-hydrogen) atoms. The van der Waals surface area contributed by atoms with Gasteiger partial charge in [-0.3, -0.25) is 0 Å². The number of hydrogen-bond donors (Lipinski definition) is 1. The summed E-state index contributed by atoms with van der Waals surface area (Å²) < 4.78 is 10.5. The monoisotopic (exact) mass is 271 g/mol. The Bertz CT molecular complexity index is 596. The van der Waals surface area contributed by atoms with Crippen LogP contribution in [0.15, 0.2) is 48.5 Å². The second-order valence-corrected chi connectivity index (χ2v) is 4.38. The van der Waals surface area contributed by atoms with Gasteiger partial charge in [-0.15, -0.1) is 0 Å². The summed E-state index contributed by atoms with van der Waals surface area (Å²) in [5.41, 5.74) is 7.42. The molecule has 0 aliphatic carbocycles. The molecule has 4 nitrogen and oxygen atoms in total. The Morgan fingerprint density at radius 3 is 2.45 bits per heavy atom. The first-order valence-corrected chi connectivity index (χ1v) is 6.32. The second-order valence-electron chi connectivity index (χ2n) is 4.38. The molecule has 2 rings (SSSR count). The van der Waals surface area contributed by atoms with E-state index in [4.69, 9.17) is 15.2 Å². The molecule has 0 amide bonds. The lowest BCUT2D eigenvalue weighted by molar-refractivity contribution is 0.0339. The Labute approximate surface area is 118 Å². The van der Waals surface area contributed by atoms with Crippen molar-refractivity contribution in [3.05, 3.63) is 59.7 Å². The van der Waals surface area contributed by atoms with Crippen molar-refractivity contribution in [1.82, 2.24) is 0 Å². The fourth-order valence-electron chi connectivity index (χ4n) is 1.92. The van der Waals surface area contributed by atoms with Crippen LogP contribution < -0.4 is 10.5 Å². The molecule has 0 fully saturated rings. The van der Waals surface area contributed by atoms with Crippen LogP contribution in [-0.2, 0) is 4.74 Å². The SMILES string of the molecule is COc1cccc(C(=O)OC(C)c2ccccc2)c1N. The molecule has 0 saturated carbocycles. The quantitative estimate of drug-likeness (QED) is 0.685. The smallest absolute Gasteiger partial charge is 0.340 e. The van der Waals surface area contributed by atoms with Crippen molar-refractivity contribution in [3.63, 3.8) is 0 Å². The van der Waals surface area contributed by atoms with E-state index in [0.717, 1.165) is 5.56 Å². The number of carbonyl (C=O) groups excluding carboxylic acids is 1. The van der Waals surface area contributed by atoms with E-state index in [2.05, 4.69) is 0 Å². The minimum Gasteiger partial charge on any atom is -0.495 e. The van der Waals surface area contributed by atoms with Crippen molar-refractivity contribution in [2.45, 2.75) is 13.0 Å². The first-order valence-electron chi connectivity index (χ1n) is 6.32. The van der Waals surface area contributed by atoms with E-state index in [0.29, 0.717) is 17.0 Å². The average molecular weight is 271 g/mol. The van der Waals surface area contributed by atoms with Crippen LogP contribution >= 0.6 is 0 Å². The Kier molecular flexibility index (Phi) is 4.25.